The van der Waals surface area contributed by atoms with E-state index in [1.54, 1.807) is 36.4 Å². The van der Waals surface area contributed by atoms with E-state index in [1.807, 2.05) is 19.9 Å². The first-order valence-corrected chi connectivity index (χ1v) is 7.14. The lowest BCUT2D eigenvalue weighted by Gasteiger charge is -2.09. The van der Waals surface area contributed by atoms with Crippen molar-refractivity contribution in [2.45, 2.75) is 13.8 Å². The summed E-state index contributed by atoms with van der Waals surface area (Å²) < 4.78 is 5.04. The first-order valence-electron chi connectivity index (χ1n) is 6.76. The quantitative estimate of drug-likeness (QED) is 0.874. The van der Waals surface area contributed by atoms with Gasteiger partial charge in [0.15, 0.2) is 6.61 Å². The van der Waals surface area contributed by atoms with Gasteiger partial charge in [-0.3, -0.25) is 4.79 Å². The molecule has 22 heavy (non-hydrogen) atoms. The molecule has 0 fully saturated rings. The minimum absolute atomic E-state index is 0.348. The maximum Gasteiger partial charge on any atom is 0.338 e. The maximum absolute atomic E-state index is 12.0. The number of aryl methyl sites for hydroxylation is 1. The van der Waals surface area contributed by atoms with Crippen molar-refractivity contribution in [1.82, 2.24) is 0 Å². The fourth-order valence-electron chi connectivity index (χ4n) is 1.94. The van der Waals surface area contributed by atoms with Crippen molar-refractivity contribution in [3.05, 3.63) is 64.2 Å². The van der Waals surface area contributed by atoms with Crippen LogP contribution in [0, 0.1) is 13.8 Å². The highest BCUT2D eigenvalue weighted by Gasteiger charge is 2.13. The van der Waals surface area contributed by atoms with Crippen LogP contribution >= 0.6 is 11.6 Å². The summed E-state index contributed by atoms with van der Waals surface area (Å²) >= 11 is 5.83. The van der Waals surface area contributed by atoms with E-state index in [0.29, 0.717) is 16.3 Å². The van der Waals surface area contributed by atoms with Crippen LogP contribution in [0.2, 0.25) is 5.02 Å². The van der Waals surface area contributed by atoms with Crippen molar-refractivity contribution in [2.24, 2.45) is 0 Å². The molecule has 0 atom stereocenters. The number of carbonyl (C=O) groups is 2. The number of hydrogen-bond donors (Lipinski definition) is 1. The standard InChI is InChI=1S/C17H16ClNO3/c1-11-5-3-8-15(12(11)2)17(21)22-10-16(20)19-14-7-4-6-13(18)9-14/h3-9H,10H2,1-2H3,(H,19,20). The number of rotatable bonds is 4. The fraction of sp³-hybridized carbons (Fsp3) is 0.176. The Morgan fingerprint density at radius 1 is 1.14 bits per heavy atom. The molecule has 5 heteroatoms. The maximum atomic E-state index is 12.0. The molecule has 0 aromatic heterocycles. The Kier molecular flexibility index (Phi) is 5.17. The average molecular weight is 318 g/mol. The van der Waals surface area contributed by atoms with Gasteiger partial charge >= 0.3 is 5.97 Å². The van der Waals surface area contributed by atoms with Gasteiger partial charge in [0, 0.05) is 10.7 Å². The van der Waals surface area contributed by atoms with Crippen molar-refractivity contribution < 1.29 is 14.3 Å². The third-order valence-electron chi connectivity index (χ3n) is 3.27. The zero-order chi connectivity index (χ0) is 16.1. The highest BCUT2D eigenvalue weighted by Crippen LogP contribution is 2.15. The van der Waals surface area contributed by atoms with Crippen molar-refractivity contribution in [2.75, 3.05) is 11.9 Å². The molecule has 0 bridgehead atoms. The SMILES string of the molecule is Cc1cccc(C(=O)OCC(=O)Nc2cccc(Cl)c2)c1C. The number of carbonyl (C=O) groups excluding carboxylic acids is 2. The van der Waals surface area contributed by atoms with Crippen LogP contribution in [0.1, 0.15) is 21.5 Å². The lowest BCUT2D eigenvalue weighted by Crippen LogP contribution is -2.21. The summed E-state index contributed by atoms with van der Waals surface area (Å²) in [7, 11) is 0. The van der Waals surface area contributed by atoms with Crippen molar-refractivity contribution in [3.63, 3.8) is 0 Å². The number of ether oxygens (including phenoxy) is 1. The number of anilines is 1. The van der Waals surface area contributed by atoms with E-state index in [1.165, 1.54) is 0 Å². The van der Waals surface area contributed by atoms with E-state index < -0.39 is 11.9 Å². The molecule has 0 aliphatic heterocycles. The number of benzene rings is 2. The zero-order valence-corrected chi connectivity index (χ0v) is 13.1. The number of hydrogen-bond acceptors (Lipinski definition) is 3. The van der Waals surface area contributed by atoms with Gasteiger partial charge in [-0.2, -0.15) is 0 Å². The Morgan fingerprint density at radius 3 is 2.59 bits per heavy atom. The zero-order valence-electron chi connectivity index (χ0n) is 12.4. The predicted molar refractivity (Wildman–Crippen MR) is 86.3 cm³/mol. The lowest BCUT2D eigenvalue weighted by atomic mass is 10.0. The molecular formula is C17H16ClNO3. The van der Waals surface area contributed by atoms with E-state index in [9.17, 15) is 9.59 Å². The van der Waals surface area contributed by atoms with Crippen LogP contribution in [-0.4, -0.2) is 18.5 Å². The van der Waals surface area contributed by atoms with Crippen molar-refractivity contribution in [3.8, 4) is 0 Å². The van der Waals surface area contributed by atoms with Gasteiger partial charge in [0.2, 0.25) is 0 Å². The molecule has 2 rings (SSSR count). The second kappa shape index (κ2) is 7.09. The number of nitrogens with one attached hydrogen (secondary N) is 1. The van der Waals surface area contributed by atoms with E-state index in [4.69, 9.17) is 16.3 Å². The molecule has 0 saturated heterocycles. The van der Waals surface area contributed by atoms with Gasteiger partial charge in [-0.15, -0.1) is 0 Å². The molecule has 0 saturated carbocycles. The normalized spacial score (nSPS) is 10.1. The van der Waals surface area contributed by atoms with Crippen LogP contribution in [0.5, 0.6) is 0 Å². The third-order valence-corrected chi connectivity index (χ3v) is 3.50. The fourth-order valence-corrected chi connectivity index (χ4v) is 2.13. The molecule has 0 heterocycles. The van der Waals surface area contributed by atoms with E-state index in [-0.39, 0.29) is 6.61 Å². The second-order valence-corrected chi connectivity index (χ2v) is 5.32. The average Bonchev–Trinajstić information content (AvgIpc) is 2.47. The summed E-state index contributed by atoms with van der Waals surface area (Å²) in [5.74, 6) is -0.927. The summed E-state index contributed by atoms with van der Waals surface area (Å²) in [6.07, 6.45) is 0. The topological polar surface area (TPSA) is 55.4 Å². The molecule has 0 aliphatic rings. The van der Waals surface area contributed by atoms with Crippen LogP contribution in [0.25, 0.3) is 0 Å². The molecule has 1 amide bonds. The number of amides is 1. The van der Waals surface area contributed by atoms with Gasteiger partial charge in [0.25, 0.3) is 5.91 Å². The first-order chi connectivity index (χ1) is 10.5. The van der Waals surface area contributed by atoms with Gasteiger partial charge < -0.3 is 10.1 Å². The molecule has 1 N–H and O–H groups in total. The van der Waals surface area contributed by atoms with Crippen LogP contribution in [0.3, 0.4) is 0 Å². The monoisotopic (exact) mass is 317 g/mol. The number of halogens is 1. The highest BCUT2D eigenvalue weighted by atomic mass is 35.5. The highest BCUT2D eigenvalue weighted by molar-refractivity contribution is 6.30. The van der Waals surface area contributed by atoms with Crippen molar-refractivity contribution in [1.29, 1.82) is 0 Å². The van der Waals surface area contributed by atoms with Gasteiger partial charge in [-0.1, -0.05) is 29.8 Å². The summed E-state index contributed by atoms with van der Waals surface area (Å²) in [6, 6.07) is 12.1. The summed E-state index contributed by atoms with van der Waals surface area (Å²) in [5.41, 5.74) is 2.87. The van der Waals surface area contributed by atoms with Gasteiger partial charge in [0.1, 0.15) is 0 Å². The van der Waals surface area contributed by atoms with E-state index >= 15 is 0 Å². The third kappa shape index (κ3) is 4.09. The van der Waals surface area contributed by atoms with Gasteiger partial charge in [-0.25, -0.2) is 4.79 Å². The van der Waals surface area contributed by atoms with Gasteiger partial charge in [0.05, 0.1) is 5.56 Å². The first kappa shape index (κ1) is 16.0. The Morgan fingerprint density at radius 2 is 1.86 bits per heavy atom. The van der Waals surface area contributed by atoms with Crippen LogP contribution in [-0.2, 0) is 9.53 Å². The molecule has 114 valence electrons. The second-order valence-electron chi connectivity index (χ2n) is 4.88. The molecule has 0 aliphatic carbocycles. The Hall–Kier alpha value is -2.33. The molecule has 0 unspecified atom stereocenters. The van der Waals surface area contributed by atoms with Crippen molar-refractivity contribution >= 4 is 29.2 Å². The smallest absolute Gasteiger partial charge is 0.338 e. The summed E-state index contributed by atoms with van der Waals surface area (Å²) in [5, 5.41) is 3.13. The lowest BCUT2D eigenvalue weighted by molar-refractivity contribution is -0.119. The van der Waals surface area contributed by atoms with E-state index in [2.05, 4.69) is 5.32 Å². The van der Waals surface area contributed by atoms with Crippen LogP contribution in [0.15, 0.2) is 42.5 Å². The largest absolute Gasteiger partial charge is 0.452 e. The number of esters is 1. The molecule has 0 spiro atoms. The molecule has 0 radical (unpaired) electrons. The Labute approximate surface area is 134 Å². The van der Waals surface area contributed by atoms with Crippen LogP contribution in [0.4, 0.5) is 5.69 Å². The van der Waals surface area contributed by atoms with Gasteiger partial charge in [-0.05, 0) is 49.2 Å². The molecule has 2 aromatic carbocycles. The summed E-state index contributed by atoms with van der Waals surface area (Å²) in [4.78, 5) is 23.8. The van der Waals surface area contributed by atoms with Crippen LogP contribution < -0.4 is 5.32 Å². The van der Waals surface area contributed by atoms with E-state index in [0.717, 1.165) is 11.1 Å². The predicted octanol–water partition coefficient (Wildman–Crippen LogP) is 3.75. The molecule has 2 aromatic rings. The molecule has 4 nitrogen and oxygen atoms in total. The summed E-state index contributed by atoms with van der Waals surface area (Å²) in [6.45, 7) is 3.41. The Bertz CT molecular complexity index is 713. The Balaban J connectivity index is 1.93. The minimum atomic E-state index is -0.512. The molecular weight excluding hydrogens is 302 g/mol. The minimum Gasteiger partial charge on any atom is -0.452 e.